The molecule has 0 unspecified atom stereocenters. The van der Waals surface area contributed by atoms with E-state index in [4.69, 9.17) is 10.2 Å². The molecule has 3 N–H and O–H groups in total. The van der Waals surface area contributed by atoms with E-state index in [9.17, 15) is 0 Å². The predicted molar refractivity (Wildman–Crippen MR) is 74.9 cm³/mol. The Kier molecular flexibility index (Phi) is 3.02. The van der Waals surface area contributed by atoms with Crippen LogP contribution in [0.1, 0.15) is 5.76 Å². The van der Waals surface area contributed by atoms with Crippen LogP contribution >= 0.6 is 0 Å². The van der Waals surface area contributed by atoms with Gasteiger partial charge in [-0.25, -0.2) is 9.97 Å². The van der Waals surface area contributed by atoms with Gasteiger partial charge in [0.2, 0.25) is 0 Å². The van der Waals surface area contributed by atoms with Crippen LogP contribution in [0.5, 0.6) is 0 Å². The van der Waals surface area contributed by atoms with Crippen LogP contribution < -0.4 is 11.1 Å². The number of nitrogens with one attached hydrogen (secondary N) is 1. The minimum absolute atomic E-state index is 0.415. The lowest BCUT2D eigenvalue weighted by Gasteiger charge is -2.08. The molecule has 3 aromatic rings. The Labute approximate surface area is 110 Å². The summed E-state index contributed by atoms with van der Waals surface area (Å²) in [5.74, 6) is 1.96. The van der Waals surface area contributed by atoms with Gasteiger partial charge in [-0.15, -0.1) is 0 Å². The van der Waals surface area contributed by atoms with E-state index < -0.39 is 0 Å². The third kappa shape index (κ3) is 2.49. The van der Waals surface area contributed by atoms with Gasteiger partial charge in [-0.05, 0) is 24.3 Å². The molecule has 5 nitrogen and oxygen atoms in total. The molecule has 0 spiro atoms. The Balaban J connectivity index is 1.75. The van der Waals surface area contributed by atoms with Gasteiger partial charge >= 0.3 is 0 Å². The van der Waals surface area contributed by atoms with Crippen LogP contribution in [0.3, 0.4) is 0 Å². The molecule has 0 saturated carbocycles. The number of hydrogen-bond acceptors (Lipinski definition) is 5. The van der Waals surface area contributed by atoms with Gasteiger partial charge in [-0.2, -0.15) is 0 Å². The summed E-state index contributed by atoms with van der Waals surface area (Å²) in [7, 11) is 0. The Morgan fingerprint density at radius 3 is 2.58 bits per heavy atom. The molecule has 0 saturated heterocycles. The van der Waals surface area contributed by atoms with E-state index >= 15 is 0 Å². The minimum Gasteiger partial charge on any atom is -0.469 e. The molecule has 0 fully saturated rings. The van der Waals surface area contributed by atoms with Crippen molar-refractivity contribution in [3.63, 3.8) is 0 Å². The second-order valence-corrected chi connectivity index (χ2v) is 4.20. The summed E-state index contributed by atoms with van der Waals surface area (Å²) < 4.78 is 5.26. The quantitative estimate of drug-likeness (QED) is 0.747. The van der Waals surface area contributed by atoms with Crippen molar-refractivity contribution in [1.29, 1.82) is 0 Å². The first-order valence-electron chi connectivity index (χ1n) is 6.11. The molecule has 0 aliphatic heterocycles. The SMILES string of the molecule is Nc1nc2ccccc2nc1NCCc1ccco1. The molecular weight excluding hydrogens is 240 g/mol. The van der Waals surface area contributed by atoms with E-state index in [0.717, 1.165) is 23.2 Å². The summed E-state index contributed by atoms with van der Waals surface area (Å²) >= 11 is 0. The van der Waals surface area contributed by atoms with Gasteiger partial charge in [0, 0.05) is 13.0 Å². The zero-order chi connectivity index (χ0) is 13.1. The molecule has 2 aromatic heterocycles. The maximum atomic E-state index is 5.89. The van der Waals surface area contributed by atoms with E-state index in [1.165, 1.54) is 0 Å². The lowest BCUT2D eigenvalue weighted by Crippen LogP contribution is -2.09. The monoisotopic (exact) mass is 254 g/mol. The van der Waals surface area contributed by atoms with Crippen LogP contribution in [0.15, 0.2) is 47.1 Å². The highest BCUT2D eigenvalue weighted by molar-refractivity contribution is 5.79. The number of furan rings is 1. The summed E-state index contributed by atoms with van der Waals surface area (Å²) in [6, 6.07) is 11.5. The number of rotatable bonds is 4. The number of benzene rings is 1. The maximum Gasteiger partial charge on any atom is 0.169 e. The molecule has 0 radical (unpaired) electrons. The molecule has 5 heteroatoms. The van der Waals surface area contributed by atoms with E-state index in [-0.39, 0.29) is 0 Å². The molecule has 2 heterocycles. The standard InChI is InChI=1S/C14H14N4O/c15-13-14(16-8-7-10-4-3-9-19-10)18-12-6-2-1-5-11(12)17-13/h1-6,9H,7-8H2,(H2,15,17)(H,16,18). The van der Waals surface area contributed by atoms with Gasteiger partial charge in [0.15, 0.2) is 11.6 Å². The van der Waals surface area contributed by atoms with Crippen molar-refractivity contribution < 1.29 is 4.42 Å². The fourth-order valence-electron chi connectivity index (χ4n) is 1.90. The van der Waals surface area contributed by atoms with Crippen molar-refractivity contribution in [3.05, 3.63) is 48.4 Å². The highest BCUT2D eigenvalue weighted by atomic mass is 16.3. The average Bonchev–Trinajstić information content (AvgIpc) is 2.92. The first-order valence-corrected chi connectivity index (χ1v) is 6.11. The molecule has 0 aliphatic carbocycles. The number of fused-ring (bicyclic) bond motifs is 1. The number of hydrogen-bond donors (Lipinski definition) is 2. The first-order chi connectivity index (χ1) is 9.33. The van der Waals surface area contributed by atoms with Crippen LogP contribution in [0.4, 0.5) is 11.6 Å². The van der Waals surface area contributed by atoms with Crippen molar-refractivity contribution >= 4 is 22.7 Å². The number of para-hydroxylation sites is 2. The first kappa shape index (κ1) is 11.5. The maximum absolute atomic E-state index is 5.89. The van der Waals surface area contributed by atoms with E-state index in [2.05, 4.69) is 15.3 Å². The molecule has 0 atom stereocenters. The smallest absolute Gasteiger partial charge is 0.169 e. The Morgan fingerprint density at radius 2 is 1.84 bits per heavy atom. The number of nitrogens with zero attached hydrogens (tertiary/aromatic N) is 2. The van der Waals surface area contributed by atoms with E-state index in [1.54, 1.807) is 6.26 Å². The lowest BCUT2D eigenvalue weighted by molar-refractivity contribution is 0.513. The summed E-state index contributed by atoms with van der Waals surface area (Å²) in [6.45, 7) is 0.699. The largest absolute Gasteiger partial charge is 0.469 e. The molecular formula is C14H14N4O. The van der Waals surface area contributed by atoms with Crippen LogP contribution in [0, 0.1) is 0 Å². The van der Waals surface area contributed by atoms with E-state index in [0.29, 0.717) is 18.2 Å². The highest BCUT2D eigenvalue weighted by Crippen LogP contribution is 2.18. The minimum atomic E-state index is 0.415. The average molecular weight is 254 g/mol. The zero-order valence-electron chi connectivity index (χ0n) is 10.3. The van der Waals surface area contributed by atoms with Crippen molar-refractivity contribution in [3.8, 4) is 0 Å². The zero-order valence-corrected chi connectivity index (χ0v) is 10.3. The predicted octanol–water partition coefficient (Wildman–Crippen LogP) is 2.46. The van der Waals surface area contributed by atoms with Crippen LogP contribution in [0.25, 0.3) is 11.0 Å². The van der Waals surface area contributed by atoms with Crippen molar-refractivity contribution in [2.24, 2.45) is 0 Å². The second-order valence-electron chi connectivity index (χ2n) is 4.20. The molecule has 19 heavy (non-hydrogen) atoms. The van der Waals surface area contributed by atoms with Gasteiger partial charge in [-0.1, -0.05) is 12.1 Å². The van der Waals surface area contributed by atoms with Crippen LogP contribution in [-0.2, 0) is 6.42 Å². The lowest BCUT2D eigenvalue weighted by atomic mass is 10.3. The van der Waals surface area contributed by atoms with Gasteiger partial charge in [-0.3, -0.25) is 0 Å². The summed E-state index contributed by atoms with van der Waals surface area (Å²) in [6.07, 6.45) is 2.44. The van der Waals surface area contributed by atoms with Crippen molar-refractivity contribution in [1.82, 2.24) is 9.97 Å². The van der Waals surface area contributed by atoms with Crippen molar-refractivity contribution in [2.75, 3.05) is 17.6 Å². The molecule has 0 aliphatic rings. The van der Waals surface area contributed by atoms with Gasteiger partial charge in [0.05, 0.1) is 17.3 Å². The number of aromatic nitrogens is 2. The number of anilines is 2. The molecule has 3 rings (SSSR count). The van der Waals surface area contributed by atoms with Crippen molar-refractivity contribution in [2.45, 2.75) is 6.42 Å². The topological polar surface area (TPSA) is 77.0 Å². The third-order valence-corrected chi connectivity index (χ3v) is 2.84. The second kappa shape index (κ2) is 4.97. The van der Waals surface area contributed by atoms with E-state index in [1.807, 2.05) is 36.4 Å². The van der Waals surface area contributed by atoms with Crippen LogP contribution in [0.2, 0.25) is 0 Å². The number of nitrogens with two attached hydrogens (primary N) is 1. The summed E-state index contributed by atoms with van der Waals surface area (Å²) in [5.41, 5.74) is 7.52. The molecule has 0 bridgehead atoms. The van der Waals surface area contributed by atoms with Crippen LogP contribution in [-0.4, -0.2) is 16.5 Å². The summed E-state index contributed by atoms with van der Waals surface area (Å²) in [5, 5.41) is 3.18. The molecule has 0 amide bonds. The fraction of sp³-hybridized carbons (Fsp3) is 0.143. The fourth-order valence-corrected chi connectivity index (χ4v) is 1.90. The van der Waals surface area contributed by atoms with Gasteiger partial charge in [0.25, 0.3) is 0 Å². The Bertz CT molecular complexity index is 679. The molecule has 1 aromatic carbocycles. The number of nitrogen functional groups attached to an aromatic ring is 1. The Hall–Kier alpha value is -2.56. The summed E-state index contributed by atoms with van der Waals surface area (Å²) in [4.78, 5) is 8.78. The third-order valence-electron chi connectivity index (χ3n) is 2.84. The Morgan fingerprint density at radius 1 is 1.05 bits per heavy atom. The normalized spacial score (nSPS) is 10.7. The molecule has 96 valence electrons. The highest BCUT2D eigenvalue weighted by Gasteiger charge is 2.05. The van der Waals surface area contributed by atoms with Gasteiger partial charge < -0.3 is 15.5 Å². The van der Waals surface area contributed by atoms with Gasteiger partial charge in [0.1, 0.15) is 5.76 Å².